The smallest absolute Gasteiger partial charge is 0.0433 e. The molecule has 3 heteroatoms. The van der Waals surface area contributed by atoms with Crippen LogP contribution in [0.25, 0.3) is 0 Å². The molecule has 0 radical (unpaired) electrons. The molecule has 0 aromatic heterocycles. The van der Waals surface area contributed by atoms with Crippen molar-refractivity contribution in [2.45, 2.75) is 39.0 Å². The first kappa shape index (κ1) is 13.9. The Bertz CT molecular complexity index is 158. The van der Waals surface area contributed by atoms with Gasteiger partial charge in [0.15, 0.2) is 0 Å². The minimum Gasteiger partial charge on any atom is -0.396 e. The van der Waals surface area contributed by atoms with Crippen LogP contribution in [0.3, 0.4) is 0 Å². The van der Waals surface area contributed by atoms with Crippen molar-refractivity contribution in [3.63, 3.8) is 0 Å². The number of unbranched alkanes of at least 4 members (excludes halogenated alkanes) is 2. The molecule has 1 saturated heterocycles. The van der Waals surface area contributed by atoms with E-state index in [-0.39, 0.29) is 0 Å². The number of nitrogens with zero attached hydrogens (tertiary/aromatic N) is 1. The zero-order valence-corrected chi connectivity index (χ0v) is 10.7. The summed E-state index contributed by atoms with van der Waals surface area (Å²) in [5.41, 5.74) is 0. The second-order valence-corrected chi connectivity index (χ2v) is 5.06. The van der Waals surface area contributed by atoms with Crippen LogP contribution in [0, 0.1) is 5.92 Å². The molecule has 0 unspecified atom stereocenters. The van der Waals surface area contributed by atoms with Crippen LogP contribution in [0.1, 0.15) is 39.0 Å². The zero-order valence-electron chi connectivity index (χ0n) is 10.7. The van der Waals surface area contributed by atoms with E-state index in [1.807, 2.05) is 0 Å². The maximum atomic E-state index is 8.80. The summed E-state index contributed by atoms with van der Waals surface area (Å²) in [4.78, 5) is 2.56. The second-order valence-electron chi connectivity index (χ2n) is 5.06. The summed E-state index contributed by atoms with van der Waals surface area (Å²) < 4.78 is 0. The molecule has 0 bridgehead atoms. The molecule has 1 aliphatic heterocycles. The molecular formula is C13H28N2O. The first-order valence-corrected chi connectivity index (χ1v) is 6.87. The lowest BCUT2D eigenvalue weighted by atomic mass is 10.0. The lowest BCUT2D eigenvalue weighted by Crippen LogP contribution is -2.43. The van der Waals surface area contributed by atoms with Crippen molar-refractivity contribution in [3.05, 3.63) is 0 Å². The van der Waals surface area contributed by atoms with Crippen molar-refractivity contribution in [3.8, 4) is 0 Å². The van der Waals surface area contributed by atoms with Gasteiger partial charge in [0.05, 0.1) is 0 Å². The van der Waals surface area contributed by atoms with Crippen LogP contribution in [0.5, 0.6) is 0 Å². The Morgan fingerprint density at radius 3 is 2.56 bits per heavy atom. The number of piperazine rings is 1. The van der Waals surface area contributed by atoms with Gasteiger partial charge in [0.1, 0.15) is 0 Å². The third-order valence-electron chi connectivity index (χ3n) is 3.50. The summed E-state index contributed by atoms with van der Waals surface area (Å²) in [5, 5.41) is 12.2. The van der Waals surface area contributed by atoms with E-state index in [9.17, 15) is 0 Å². The molecule has 0 aromatic rings. The monoisotopic (exact) mass is 228 g/mol. The van der Waals surface area contributed by atoms with E-state index in [2.05, 4.69) is 17.1 Å². The van der Waals surface area contributed by atoms with Gasteiger partial charge >= 0.3 is 0 Å². The fraction of sp³-hybridized carbons (Fsp3) is 1.00. The van der Waals surface area contributed by atoms with E-state index in [1.54, 1.807) is 0 Å². The summed E-state index contributed by atoms with van der Waals surface area (Å²) in [7, 11) is 0. The van der Waals surface area contributed by atoms with Crippen LogP contribution in [0.4, 0.5) is 0 Å². The number of aliphatic hydroxyl groups is 1. The molecule has 0 spiro atoms. The molecule has 1 fully saturated rings. The molecule has 2 N–H and O–H groups in total. The minimum absolute atomic E-state index is 0.349. The quantitative estimate of drug-likeness (QED) is 0.618. The normalized spacial score (nSPS) is 19.9. The summed E-state index contributed by atoms with van der Waals surface area (Å²) >= 11 is 0. The first-order valence-electron chi connectivity index (χ1n) is 6.87. The van der Waals surface area contributed by atoms with Gasteiger partial charge in [0.2, 0.25) is 0 Å². The highest BCUT2D eigenvalue weighted by atomic mass is 16.3. The third kappa shape index (κ3) is 6.46. The van der Waals surface area contributed by atoms with Crippen LogP contribution in [0.15, 0.2) is 0 Å². The summed E-state index contributed by atoms with van der Waals surface area (Å²) in [6, 6.07) is 0. The van der Waals surface area contributed by atoms with Gasteiger partial charge in [0.25, 0.3) is 0 Å². The topological polar surface area (TPSA) is 35.5 Å². The van der Waals surface area contributed by atoms with Crippen LogP contribution < -0.4 is 5.32 Å². The summed E-state index contributed by atoms with van der Waals surface area (Å²) in [6.45, 7) is 8.63. The van der Waals surface area contributed by atoms with Crippen molar-refractivity contribution in [1.82, 2.24) is 10.2 Å². The Hall–Kier alpha value is -0.120. The van der Waals surface area contributed by atoms with Crippen molar-refractivity contribution < 1.29 is 5.11 Å². The Labute approximate surface area is 100 Å². The van der Waals surface area contributed by atoms with Gasteiger partial charge in [-0.05, 0) is 25.3 Å². The molecule has 1 heterocycles. The lowest BCUT2D eigenvalue weighted by Gasteiger charge is -2.27. The highest BCUT2D eigenvalue weighted by Crippen LogP contribution is 2.12. The molecule has 3 nitrogen and oxygen atoms in total. The van der Waals surface area contributed by atoms with Gasteiger partial charge in [-0.25, -0.2) is 0 Å². The largest absolute Gasteiger partial charge is 0.396 e. The van der Waals surface area contributed by atoms with Gasteiger partial charge in [0, 0.05) is 32.8 Å². The van der Waals surface area contributed by atoms with Crippen molar-refractivity contribution in [1.29, 1.82) is 0 Å². The Morgan fingerprint density at radius 2 is 1.88 bits per heavy atom. The Morgan fingerprint density at radius 1 is 1.12 bits per heavy atom. The Balaban J connectivity index is 1.87. The predicted octanol–water partition coefficient (Wildman–Crippen LogP) is 1.47. The predicted molar refractivity (Wildman–Crippen MR) is 68.6 cm³/mol. The molecule has 1 rings (SSSR count). The van der Waals surface area contributed by atoms with E-state index < -0.39 is 0 Å². The van der Waals surface area contributed by atoms with Crippen molar-refractivity contribution in [2.75, 3.05) is 39.3 Å². The van der Waals surface area contributed by atoms with E-state index in [4.69, 9.17) is 5.11 Å². The molecular weight excluding hydrogens is 200 g/mol. The van der Waals surface area contributed by atoms with Crippen LogP contribution in [-0.2, 0) is 0 Å². The minimum atomic E-state index is 0.349. The molecule has 0 saturated carbocycles. The molecule has 1 atom stereocenters. The maximum absolute atomic E-state index is 8.80. The van der Waals surface area contributed by atoms with E-state index in [1.165, 1.54) is 45.3 Å². The highest BCUT2D eigenvalue weighted by Gasteiger charge is 2.08. The van der Waals surface area contributed by atoms with Gasteiger partial charge in [-0.3, -0.25) is 0 Å². The zero-order chi connectivity index (χ0) is 11.6. The highest BCUT2D eigenvalue weighted by molar-refractivity contribution is 4.67. The average Bonchev–Trinajstić information content (AvgIpc) is 2.30. The van der Waals surface area contributed by atoms with E-state index >= 15 is 0 Å². The van der Waals surface area contributed by atoms with E-state index in [0.29, 0.717) is 12.5 Å². The molecule has 96 valence electrons. The third-order valence-corrected chi connectivity index (χ3v) is 3.50. The number of rotatable bonds is 8. The van der Waals surface area contributed by atoms with E-state index in [0.717, 1.165) is 19.5 Å². The number of hydrogen-bond acceptors (Lipinski definition) is 3. The summed E-state index contributed by atoms with van der Waals surface area (Å²) in [5.74, 6) is 0.698. The van der Waals surface area contributed by atoms with Crippen molar-refractivity contribution in [2.24, 2.45) is 5.92 Å². The molecule has 0 aliphatic carbocycles. The lowest BCUT2D eigenvalue weighted by molar-refractivity contribution is 0.233. The van der Waals surface area contributed by atoms with Gasteiger partial charge in [-0.1, -0.05) is 26.2 Å². The number of hydrogen-bond donors (Lipinski definition) is 2. The first-order chi connectivity index (χ1) is 7.83. The second kappa shape index (κ2) is 8.97. The standard InChI is InChI=1S/C13H28N2O/c1-13(6-12-16)5-3-2-4-9-15-10-7-14-8-11-15/h13-14,16H,2-12H2,1H3/t13-/m1/s1. The fourth-order valence-corrected chi connectivity index (χ4v) is 2.30. The summed E-state index contributed by atoms with van der Waals surface area (Å²) in [6.07, 6.45) is 6.26. The van der Waals surface area contributed by atoms with Crippen LogP contribution >= 0.6 is 0 Å². The average molecular weight is 228 g/mol. The number of nitrogens with one attached hydrogen (secondary N) is 1. The fourth-order valence-electron chi connectivity index (χ4n) is 2.30. The van der Waals surface area contributed by atoms with Gasteiger partial charge < -0.3 is 15.3 Å². The molecule has 1 aliphatic rings. The van der Waals surface area contributed by atoms with Crippen LogP contribution in [-0.4, -0.2) is 49.3 Å². The van der Waals surface area contributed by atoms with Crippen molar-refractivity contribution >= 4 is 0 Å². The Kier molecular flexibility index (Phi) is 7.81. The SMILES string of the molecule is C[C@@H](CCO)CCCCCN1CCNCC1. The maximum Gasteiger partial charge on any atom is 0.0433 e. The molecule has 0 aromatic carbocycles. The molecule has 16 heavy (non-hydrogen) atoms. The van der Waals surface area contributed by atoms with Gasteiger partial charge in [-0.2, -0.15) is 0 Å². The number of aliphatic hydroxyl groups excluding tert-OH is 1. The molecule has 0 amide bonds. The van der Waals surface area contributed by atoms with Gasteiger partial charge in [-0.15, -0.1) is 0 Å². The van der Waals surface area contributed by atoms with Crippen LogP contribution in [0.2, 0.25) is 0 Å².